The Kier molecular flexibility index (Phi) is 4.34. The zero-order chi connectivity index (χ0) is 16.9. The van der Waals surface area contributed by atoms with Crippen LogP contribution in [0.25, 0.3) is 17.4 Å². The fourth-order valence-corrected chi connectivity index (χ4v) is 2.21. The van der Waals surface area contributed by atoms with Crippen LogP contribution in [0.5, 0.6) is 0 Å². The van der Waals surface area contributed by atoms with Gasteiger partial charge in [0.15, 0.2) is 0 Å². The van der Waals surface area contributed by atoms with Crippen molar-refractivity contribution in [2.24, 2.45) is 0 Å². The minimum atomic E-state index is -0.442. The molecular weight excluding hydrogens is 306 g/mol. The van der Waals surface area contributed by atoms with Crippen LogP contribution in [0.4, 0.5) is 0 Å². The molecule has 0 aliphatic heterocycles. The van der Waals surface area contributed by atoms with E-state index in [2.05, 4.69) is 0 Å². The molecule has 3 rings (SSSR count). The molecule has 0 unspecified atom stereocenters. The van der Waals surface area contributed by atoms with Crippen molar-refractivity contribution >= 4 is 23.1 Å². The molecule has 0 bridgehead atoms. The molecule has 1 N–H and O–H groups in total. The van der Waals surface area contributed by atoms with Crippen molar-refractivity contribution < 1.29 is 14.4 Å². The maximum absolute atomic E-state index is 10.7. The van der Waals surface area contributed by atoms with E-state index in [1.165, 1.54) is 12.2 Å². The first kappa shape index (κ1) is 15.4. The summed E-state index contributed by atoms with van der Waals surface area (Å²) in [4.78, 5) is -0.442. The first-order valence-electron chi connectivity index (χ1n) is 7.27. The average Bonchev–Trinajstić information content (AvgIpc) is 3.09. The Morgan fingerprint density at radius 3 is 2.33 bits per heavy atom. The van der Waals surface area contributed by atoms with E-state index < -0.39 is 4.90 Å². The molecule has 0 spiro atoms. The van der Waals surface area contributed by atoms with Gasteiger partial charge in [-0.05, 0) is 36.4 Å². The number of allylic oxidation sites excluding steroid dienone is 5. The van der Waals surface area contributed by atoms with Crippen molar-refractivity contribution in [1.29, 1.82) is 0 Å². The van der Waals surface area contributed by atoms with Gasteiger partial charge >= 0.3 is 0 Å². The predicted octanol–water partition coefficient (Wildman–Crippen LogP) is 2.39. The monoisotopic (exact) mass is 320 g/mol. The Bertz CT molecular complexity index is 954. The Hall–Kier alpha value is -3.47. The van der Waals surface area contributed by atoms with E-state index in [1.807, 2.05) is 30.3 Å². The zero-order valence-electron chi connectivity index (χ0n) is 12.6. The number of rotatable bonds is 2. The van der Waals surface area contributed by atoms with Gasteiger partial charge in [0.2, 0.25) is 5.71 Å². The average molecular weight is 320 g/mol. The van der Waals surface area contributed by atoms with Gasteiger partial charge in [0.05, 0.1) is 0 Å². The molecule has 5 nitrogen and oxygen atoms in total. The van der Waals surface area contributed by atoms with Crippen molar-refractivity contribution in [1.82, 2.24) is 0 Å². The van der Waals surface area contributed by atoms with Crippen molar-refractivity contribution in [3.63, 3.8) is 0 Å². The second-order valence-corrected chi connectivity index (χ2v) is 5.09. The molecule has 1 aliphatic carbocycles. The molecule has 1 aromatic carbocycles. The summed E-state index contributed by atoms with van der Waals surface area (Å²) in [5, 5.41) is 31.3. The minimum Gasteiger partial charge on any atom is -0.612 e. The van der Waals surface area contributed by atoms with E-state index in [0.29, 0.717) is 10.8 Å². The second-order valence-electron chi connectivity index (χ2n) is 5.09. The lowest BCUT2D eigenvalue weighted by Gasteiger charge is -2.07. The van der Waals surface area contributed by atoms with Crippen LogP contribution >= 0.6 is 0 Å². The third kappa shape index (κ3) is 3.47. The summed E-state index contributed by atoms with van der Waals surface area (Å²) < 4.78 is 5.68. The quantitative estimate of drug-likeness (QED) is 0.523. The summed E-state index contributed by atoms with van der Waals surface area (Å²) in [6.07, 6.45) is 9.37. The predicted molar refractivity (Wildman–Crippen MR) is 93.2 cm³/mol. The first-order valence-corrected chi connectivity index (χ1v) is 7.27. The van der Waals surface area contributed by atoms with E-state index >= 15 is 0 Å². The summed E-state index contributed by atoms with van der Waals surface area (Å²) >= 11 is 0. The number of benzene rings is 1. The first-order chi connectivity index (χ1) is 11.6. The number of aliphatic hydroxyl groups excluding tert-OH is 1. The van der Waals surface area contributed by atoms with Crippen LogP contribution in [0, 0.1) is 10.4 Å². The van der Waals surface area contributed by atoms with E-state index in [1.54, 1.807) is 36.4 Å². The molecule has 0 fully saturated rings. The molecule has 120 valence electrons. The van der Waals surface area contributed by atoms with Gasteiger partial charge in [-0.1, -0.05) is 30.3 Å². The van der Waals surface area contributed by atoms with Gasteiger partial charge in [0.25, 0.3) is 0 Å². The Morgan fingerprint density at radius 1 is 0.958 bits per heavy atom. The maximum Gasteiger partial charge on any atom is 0.222 e. The van der Waals surface area contributed by atoms with Crippen LogP contribution < -0.4 is 10.8 Å². The lowest BCUT2D eigenvalue weighted by atomic mass is 10.1. The minimum absolute atomic E-state index is 0.0350. The fourth-order valence-electron chi connectivity index (χ4n) is 2.21. The summed E-state index contributed by atoms with van der Waals surface area (Å²) in [7, 11) is 0. The van der Waals surface area contributed by atoms with Crippen LogP contribution in [0.1, 0.15) is 5.56 Å². The molecule has 0 radical (unpaired) electrons. The summed E-state index contributed by atoms with van der Waals surface area (Å²) in [5.74, 6) is 0.142. The Balaban J connectivity index is 1.89. The molecule has 5 heteroatoms. The zero-order valence-corrected chi connectivity index (χ0v) is 12.6. The second kappa shape index (κ2) is 6.75. The number of hydrogen-bond acceptors (Lipinski definition) is 4. The molecule has 2 aromatic rings. The van der Waals surface area contributed by atoms with E-state index in [4.69, 9.17) is 4.42 Å². The molecule has 0 atom stereocenters. The summed E-state index contributed by atoms with van der Waals surface area (Å²) in [6, 6.07) is 12.7. The molecule has 0 saturated carbocycles. The van der Waals surface area contributed by atoms with Crippen LogP contribution in [0.3, 0.4) is 0 Å². The Morgan fingerprint density at radius 2 is 1.67 bits per heavy atom. The van der Waals surface area contributed by atoms with Gasteiger partial charge in [0.1, 0.15) is 16.6 Å². The van der Waals surface area contributed by atoms with E-state index in [-0.39, 0.29) is 11.5 Å². The highest BCUT2D eigenvalue weighted by Gasteiger charge is 2.04. The summed E-state index contributed by atoms with van der Waals surface area (Å²) in [6.45, 7) is 0. The third-order valence-electron chi connectivity index (χ3n) is 3.46. The molecule has 1 aromatic heterocycles. The Labute approximate surface area is 138 Å². The molecule has 0 saturated heterocycles. The number of aliphatic hydroxyl groups is 1. The number of furan rings is 1. The van der Waals surface area contributed by atoms with Crippen LogP contribution in [-0.4, -0.2) is 15.7 Å². The highest BCUT2D eigenvalue weighted by molar-refractivity contribution is 6.05. The van der Waals surface area contributed by atoms with Crippen molar-refractivity contribution in [2.45, 2.75) is 0 Å². The molecule has 24 heavy (non-hydrogen) atoms. The van der Waals surface area contributed by atoms with Crippen LogP contribution in [0.15, 0.2) is 77.3 Å². The molecular formula is C19H14NO4-. The van der Waals surface area contributed by atoms with Crippen molar-refractivity contribution in [3.05, 3.63) is 99.7 Å². The van der Waals surface area contributed by atoms with Gasteiger partial charge < -0.3 is 19.9 Å². The van der Waals surface area contributed by atoms with Crippen molar-refractivity contribution in [3.8, 4) is 0 Å². The lowest BCUT2D eigenvalue weighted by Crippen LogP contribution is -2.09. The van der Waals surface area contributed by atoms with Gasteiger partial charge in [-0.15, -0.1) is 0 Å². The maximum atomic E-state index is 10.7. The highest BCUT2D eigenvalue weighted by atomic mass is 16.8. The van der Waals surface area contributed by atoms with Crippen LogP contribution in [0.2, 0.25) is 0 Å². The number of nitrogens with zero attached hydrogens (tertiary/aromatic N) is 1. The fraction of sp³-hybridized carbons (Fsp3) is 0. The smallest absolute Gasteiger partial charge is 0.222 e. The van der Waals surface area contributed by atoms with Crippen molar-refractivity contribution in [2.75, 3.05) is 0 Å². The normalized spacial score (nSPS) is 15.2. The lowest BCUT2D eigenvalue weighted by molar-refractivity contribution is -0.377. The molecule has 0 amide bonds. The van der Waals surface area contributed by atoms with E-state index in [0.717, 1.165) is 11.1 Å². The topological polar surface area (TPSA) is 82.5 Å². The van der Waals surface area contributed by atoms with Gasteiger partial charge in [-0.2, -0.15) is 4.90 Å². The highest BCUT2D eigenvalue weighted by Crippen LogP contribution is 2.10. The van der Waals surface area contributed by atoms with Gasteiger partial charge in [0, 0.05) is 23.3 Å². The number of hydrogen-bond donors (Lipinski definition) is 1. The van der Waals surface area contributed by atoms with Gasteiger partial charge in [-0.3, -0.25) is 0 Å². The largest absolute Gasteiger partial charge is 0.612 e. The third-order valence-corrected chi connectivity index (χ3v) is 3.46. The van der Waals surface area contributed by atoms with E-state index in [9.17, 15) is 15.5 Å². The van der Waals surface area contributed by atoms with Gasteiger partial charge in [-0.25, -0.2) is 0 Å². The SMILES string of the molecule is [O-][N+]([O-])=C1C=CC(=c2ccc(=CC=C(O)c3ccccc3)o2)C=C1. The summed E-state index contributed by atoms with van der Waals surface area (Å²) in [5.41, 5.74) is 2.68. The standard InChI is InChI=1S/C19H14NO4/c21-18(14-4-2-1-3-5-14)12-10-17-11-13-19(24-17)15-6-8-16(9-7-15)20(22)23/h1-13H,(H-,21,22,23)/q-1. The molecule has 1 heterocycles. The molecule has 1 aliphatic rings. The van der Waals surface area contributed by atoms with Crippen LogP contribution in [-0.2, 0) is 0 Å².